The highest BCUT2D eigenvalue weighted by atomic mass is 16.3. The van der Waals surface area contributed by atoms with Gasteiger partial charge in [0.05, 0.1) is 5.60 Å². The molecule has 64 valence electrons. The van der Waals surface area contributed by atoms with Gasteiger partial charge < -0.3 is 5.11 Å². The number of hydrogen-bond acceptors (Lipinski definition) is 1. The molecule has 0 radical (unpaired) electrons. The van der Waals surface area contributed by atoms with Gasteiger partial charge in [-0.05, 0) is 60.7 Å². The highest BCUT2D eigenvalue weighted by Crippen LogP contribution is 2.83. The minimum atomic E-state index is -0.127. The molecule has 6 saturated carbocycles. The minimum absolute atomic E-state index is 0.127. The Kier molecular flexibility index (Phi) is 0.569. The van der Waals surface area contributed by atoms with E-state index < -0.39 is 0 Å². The molecule has 0 heterocycles. The molecule has 8 atom stereocenters. The molecule has 0 aromatic carbocycles. The summed E-state index contributed by atoms with van der Waals surface area (Å²) in [7, 11) is 0. The van der Waals surface area contributed by atoms with E-state index in [1.807, 2.05) is 0 Å². The highest BCUT2D eigenvalue weighted by molar-refractivity contribution is 5.31. The maximum atomic E-state index is 10.5. The summed E-state index contributed by atoms with van der Waals surface area (Å²) >= 11 is 0. The van der Waals surface area contributed by atoms with Crippen LogP contribution in [0.5, 0.6) is 0 Å². The van der Waals surface area contributed by atoms with E-state index in [1.165, 1.54) is 19.3 Å². The molecule has 6 fully saturated rings. The Hall–Kier alpha value is -0.0400. The number of aliphatic hydroxyl groups is 1. The lowest BCUT2D eigenvalue weighted by atomic mass is 9.69. The standard InChI is InChI=1S/C11H14O/c12-11-3-7-5-1-4-6(10(5)11)2-8(11)9(4)7/h4-10,12H,1-3H2/t4-,5+,6+,7-,8+,9-,10-,11-/m0/s1. The third kappa shape index (κ3) is 0.285. The molecule has 6 rings (SSSR count). The van der Waals surface area contributed by atoms with Crippen LogP contribution in [0, 0.1) is 41.4 Å². The molecule has 6 aliphatic carbocycles. The second kappa shape index (κ2) is 1.21. The van der Waals surface area contributed by atoms with Gasteiger partial charge in [-0.2, -0.15) is 0 Å². The molecule has 1 nitrogen and oxygen atoms in total. The quantitative estimate of drug-likeness (QED) is 0.568. The molecular formula is C11H14O. The van der Waals surface area contributed by atoms with Gasteiger partial charge in [0.15, 0.2) is 0 Å². The van der Waals surface area contributed by atoms with E-state index in [1.54, 1.807) is 0 Å². The summed E-state index contributed by atoms with van der Waals surface area (Å²) in [6.07, 6.45) is 4.11. The van der Waals surface area contributed by atoms with Crippen LogP contribution < -0.4 is 0 Å². The van der Waals surface area contributed by atoms with Crippen LogP contribution in [-0.4, -0.2) is 10.7 Å². The zero-order valence-electron chi connectivity index (χ0n) is 7.11. The average Bonchev–Trinajstić information content (AvgIpc) is 2.55. The first-order valence-electron chi connectivity index (χ1n) is 5.53. The molecule has 0 saturated heterocycles. The van der Waals surface area contributed by atoms with E-state index in [0.717, 1.165) is 41.4 Å². The Morgan fingerprint density at radius 1 is 1.00 bits per heavy atom. The van der Waals surface area contributed by atoms with Crippen molar-refractivity contribution in [2.45, 2.75) is 24.9 Å². The Labute approximate surface area is 72.2 Å². The molecule has 0 spiro atoms. The van der Waals surface area contributed by atoms with Gasteiger partial charge in [-0.3, -0.25) is 0 Å². The first kappa shape index (κ1) is 5.64. The predicted octanol–water partition coefficient (Wildman–Crippen LogP) is 1.27. The van der Waals surface area contributed by atoms with Crippen LogP contribution >= 0.6 is 0 Å². The van der Waals surface area contributed by atoms with E-state index in [-0.39, 0.29) is 5.60 Å². The van der Waals surface area contributed by atoms with Gasteiger partial charge in [-0.15, -0.1) is 0 Å². The molecule has 0 unspecified atom stereocenters. The fourth-order valence-electron chi connectivity index (χ4n) is 6.55. The van der Waals surface area contributed by atoms with Crippen molar-refractivity contribution < 1.29 is 5.11 Å². The molecule has 0 aromatic rings. The average molecular weight is 162 g/mol. The van der Waals surface area contributed by atoms with Crippen molar-refractivity contribution in [1.82, 2.24) is 0 Å². The van der Waals surface area contributed by atoms with Crippen LogP contribution in [0.2, 0.25) is 0 Å². The fraction of sp³-hybridized carbons (Fsp3) is 1.00. The van der Waals surface area contributed by atoms with Crippen LogP contribution in [0.25, 0.3) is 0 Å². The van der Waals surface area contributed by atoms with E-state index >= 15 is 0 Å². The van der Waals surface area contributed by atoms with Crippen LogP contribution in [0.15, 0.2) is 0 Å². The topological polar surface area (TPSA) is 20.2 Å². The zero-order valence-corrected chi connectivity index (χ0v) is 7.11. The summed E-state index contributed by atoms with van der Waals surface area (Å²) in [5.74, 6) is 6.56. The third-order valence-electron chi connectivity index (χ3n) is 6.33. The van der Waals surface area contributed by atoms with Crippen molar-refractivity contribution in [2.75, 3.05) is 0 Å². The largest absolute Gasteiger partial charge is 0.389 e. The van der Waals surface area contributed by atoms with Crippen molar-refractivity contribution in [2.24, 2.45) is 41.4 Å². The van der Waals surface area contributed by atoms with Crippen LogP contribution in [-0.2, 0) is 0 Å². The summed E-state index contributed by atoms with van der Waals surface area (Å²) < 4.78 is 0. The van der Waals surface area contributed by atoms with Gasteiger partial charge in [-0.25, -0.2) is 0 Å². The molecule has 6 bridgehead atoms. The van der Waals surface area contributed by atoms with Crippen LogP contribution in [0.1, 0.15) is 19.3 Å². The SMILES string of the molecule is O[C@@]12C[C@H]3[C@H]4C[C@H]5[C@@H](C[C@@H]1[C@@H]53)[C@H]42. The summed E-state index contributed by atoms with van der Waals surface area (Å²) in [6, 6.07) is 0. The second-order valence-electron chi connectivity index (χ2n) is 6.03. The number of rotatable bonds is 0. The lowest BCUT2D eigenvalue weighted by Gasteiger charge is -2.39. The number of hydrogen-bond donors (Lipinski definition) is 1. The van der Waals surface area contributed by atoms with Gasteiger partial charge >= 0.3 is 0 Å². The Morgan fingerprint density at radius 3 is 2.67 bits per heavy atom. The molecule has 1 heteroatoms. The van der Waals surface area contributed by atoms with Gasteiger partial charge in [0.25, 0.3) is 0 Å². The van der Waals surface area contributed by atoms with Gasteiger partial charge in [0.2, 0.25) is 0 Å². The lowest BCUT2D eigenvalue weighted by molar-refractivity contribution is -0.0539. The summed E-state index contributed by atoms with van der Waals surface area (Å²) in [6.45, 7) is 0. The fourth-order valence-corrected chi connectivity index (χ4v) is 6.55. The zero-order chi connectivity index (χ0) is 7.66. The Bertz CT molecular complexity index is 297. The van der Waals surface area contributed by atoms with Crippen molar-refractivity contribution >= 4 is 0 Å². The first-order chi connectivity index (χ1) is 5.81. The maximum Gasteiger partial charge on any atom is 0.0715 e. The monoisotopic (exact) mass is 162 g/mol. The molecule has 1 N–H and O–H groups in total. The van der Waals surface area contributed by atoms with E-state index in [9.17, 15) is 5.11 Å². The first-order valence-corrected chi connectivity index (χ1v) is 5.53. The molecule has 6 aliphatic rings. The Morgan fingerprint density at radius 2 is 1.83 bits per heavy atom. The normalized spacial score (nSPS) is 85.2. The summed E-state index contributed by atoms with van der Waals surface area (Å²) in [5, 5.41) is 10.5. The lowest BCUT2D eigenvalue weighted by Crippen LogP contribution is -2.43. The van der Waals surface area contributed by atoms with E-state index in [2.05, 4.69) is 0 Å². The molecule has 12 heavy (non-hydrogen) atoms. The van der Waals surface area contributed by atoms with Gasteiger partial charge in [0, 0.05) is 0 Å². The smallest absolute Gasteiger partial charge is 0.0715 e. The summed E-state index contributed by atoms with van der Waals surface area (Å²) in [5.41, 5.74) is -0.127. The molecule has 0 aliphatic heterocycles. The van der Waals surface area contributed by atoms with Crippen molar-refractivity contribution in [3.63, 3.8) is 0 Å². The maximum absolute atomic E-state index is 10.5. The van der Waals surface area contributed by atoms with Crippen LogP contribution in [0.4, 0.5) is 0 Å². The summed E-state index contributed by atoms with van der Waals surface area (Å²) in [4.78, 5) is 0. The predicted molar refractivity (Wildman–Crippen MR) is 43.2 cm³/mol. The molecule has 0 amide bonds. The van der Waals surface area contributed by atoms with Crippen molar-refractivity contribution in [3.05, 3.63) is 0 Å². The van der Waals surface area contributed by atoms with Crippen molar-refractivity contribution in [1.29, 1.82) is 0 Å². The highest BCUT2D eigenvalue weighted by Gasteiger charge is 2.82. The second-order valence-corrected chi connectivity index (χ2v) is 6.03. The van der Waals surface area contributed by atoms with Gasteiger partial charge in [0.1, 0.15) is 0 Å². The van der Waals surface area contributed by atoms with Gasteiger partial charge in [-0.1, -0.05) is 0 Å². The Balaban J connectivity index is 1.93. The third-order valence-corrected chi connectivity index (χ3v) is 6.33. The minimum Gasteiger partial charge on any atom is -0.389 e. The van der Waals surface area contributed by atoms with E-state index in [4.69, 9.17) is 0 Å². The molecule has 0 aromatic heterocycles. The van der Waals surface area contributed by atoms with Crippen LogP contribution in [0.3, 0.4) is 0 Å². The molecular weight excluding hydrogens is 148 g/mol. The van der Waals surface area contributed by atoms with Crippen molar-refractivity contribution in [3.8, 4) is 0 Å². The van der Waals surface area contributed by atoms with E-state index in [0.29, 0.717) is 0 Å².